The van der Waals surface area contributed by atoms with Gasteiger partial charge in [0.2, 0.25) is 6.41 Å². The predicted octanol–water partition coefficient (Wildman–Crippen LogP) is 4.96. The number of unbranched alkanes of at least 4 members (excludes halogenated alkanes) is 3. The lowest BCUT2D eigenvalue weighted by Gasteiger charge is -2.14. The monoisotopic (exact) mass is 462 g/mol. The number of hydrogen-bond donors (Lipinski definition) is 2. The van der Waals surface area contributed by atoms with E-state index >= 15 is 0 Å². The number of nitrogens with one attached hydrogen (secondary N) is 1. The Bertz CT molecular complexity index is 1070. The molecule has 3 aromatic rings. The van der Waals surface area contributed by atoms with Crippen LogP contribution >= 0.6 is 11.6 Å². The summed E-state index contributed by atoms with van der Waals surface area (Å²) in [6.07, 6.45) is 5.10. The van der Waals surface area contributed by atoms with E-state index in [1.807, 2.05) is 0 Å². The summed E-state index contributed by atoms with van der Waals surface area (Å²) in [6.45, 7) is 0.792. The molecule has 0 aliphatic rings. The normalized spacial score (nSPS) is 10.8. The van der Waals surface area contributed by atoms with Crippen LogP contribution in [0.15, 0.2) is 36.7 Å². The summed E-state index contributed by atoms with van der Waals surface area (Å²) in [6, 6.07) is 7.90. The van der Waals surface area contributed by atoms with Gasteiger partial charge in [0.1, 0.15) is 18.0 Å². The highest BCUT2D eigenvalue weighted by Gasteiger charge is 2.12. The fourth-order valence-electron chi connectivity index (χ4n) is 3.11. The van der Waals surface area contributed by atoms with Crippen LogP contribution in [0.3, 0.4) is 0 Å². The fourth-order valence-corrected chi connectivity index (χ4v) is 3.29. The van der Waals surface area contributed by atoms with Crippen LogP contribution in [-0.4, -0.2) is 46.9 Å². The van der Waals surface area contributed by atoms with Crippen molar-refractivity contribution >= 4 is 40.4 Å². The van der Waals surface area contributed by atoms with Gasteiger partial charge in [0, 0.05) is 23.7 Å². The third-order valence-electron chi connectivity index (χ3n) is 4.76. The van der Waals surface area contributed by atoms with Gasteiger partial charge in [0.15, 0.2) is 11.5 Å². The van der Waals surface area contributed by atoms with Gasteiger partial charge in [-0.15, -0.1) is 0 Å². The lowest BCUT2D eigenvalue weighted by Crippen LogP contribution is -2.17. The molecule has 2 N–H and O–H groups in total. The molecular formula is C22H24ClFN4O4. The number of benzene rings is 2. The van der Waals surface area contributed by atoms with Crippen LogP contribution in [0.1, 0.15) is 25.7 Å². The first-order valence-corrected chi connectivity index (χ1v) is 10.5. The molecule has 1 heterocycles. The van der Waals surface area contributed by atoms with Crippen molar-refractivity contribution < 1.29 is 23.9 Å². The Morgan fingerprint density at radius 3 is 2.72 bits per heavy atom. The topological polar surface area (TPSA) is 96.8 Å². The molecule has 170 valence electrons. The third-order valence-corrected chi connectivity index (χ3v) is 5.05. The standard InChI is InChI=1S/C22H24ClFN4O4/c1-31-20-12-19-16(11-21(20)32-9-5-3-2-4-8-28(30)14-29)22(26-13-25-19)27-15-6-7-18(24)17(23)10-15/h6-7,10-14,30H,2-5,8-9H2,1H3,(H,25,26,27). The zero-order valence-electron chi connectivity index (χ0n) is 17.6. The summed E-state index contributed by atoms with van der Waals surface area (Å²) >= 11 is 5.87. The number of methoxy groups -OCH3 is 1. The summed E-state index contributed by atoms with van der Waals surface area (Å²) in [5.41, 5.74) is 1.24. The second kappa shape index (κ2) is 11.4. The zero-order valence-corrected chi connectivity index (χ0v) is 18.3. The number of anilines is 2. The second-order valence-corrected chi connectivity index (χ2v) is 7.43. The van der Waals surface area contributed by atoms with Gasteiger partial charge in [0.25, 0.3) is 0 Å². The Kier molecular flexibility index (Phi) is 8.41. The van der Waals surface area contributed by atoms with Gasteiger partial charge in [-0.05, 0) is 43.5 Å². The predicted molar refractivity (Wildman–Crippen MR) is 119 cm³/mol. The van der Waals surface area contributed by atoms with Gasteiger partial charge >= 0.3 is 0 Å². The molecule has 8 nitrogen and oxygen atoms in total. The van der Waals surface area contributed by atoms with Gasteiger partial charge in [-0.25, -0.2) is 19.4 Å². The van der Waals surface area contributed by atoms with E-state index in [0.29, 0.717) is 65.0 Å². The smallest absolute Gasteiger partial charge is 0.233 e. The number of rotatable bonds is 12. The Hall–Kier alpha value is -3.17. The number of nitrogens with zero attached hydrogens (tertiary/aromatic N) is 3. The van der Waals surface area contributed by atoms with E-state index in [9.17, 15) is 9.18 Å². The molecule has 0 saturated carbocycles. The maximum absolute atomic E-state index is 13.5. The van der Waals surface area contributed by atoms with Crippen molar-refractivity contribution in [3.8, 4) is 11.5 Å². The number of halogens is 2. The molecule has 0 atom stereocenters. The van der Waals surface area contributed by atoms with Crippen LogP contribution in [0.2, 0.25) is 5.02 Å². The van der Waals surface area contributed by atoms with Gasteiger partial charge in [0.05, 0.1) is 24.3 Å². The molecule has 1 amide bonds. The largest absolute Gasteiger partial charge is 0.493 e. The van der Waals surface area contributed by atoms with E-state index in [0.717, 1.165) is 19.3 Å². The van der Waals surface area contributed by atoms with Gasteiger partial charge in [-0.1, -0.05) is 18.0 Å². The number of carbonyl (C=O) groups is 1. The van der Waals surface area contributed by atoms with Crippen molar-refractivity contribution in [2.75, 3.05) is 25.6 Å². The SMILES string of the molecule is COc1cc2ncnc(Nc3ccc(F)c(Cl)c3)c2cc1OCCCCCCN(O)C=O. The number of amides is 1. The molecule has 32 heavy (non-hydrogen) atoms. The minimum atomic E-state index is -0.498. The second-order valence-electron chi connectivity index (χ2n) is 7.03. The molecule has 0 bridgehead atoms. The Morgan fingerprint density at radius 2 is 1.97 bits per heavy atom. The quantitative estimate of drug-likeness (QED) is 0.170. The number of ether oxygens (including phenoxy) is 2. The highest BCUT2D eigenvalue weighted by molar-refractivity contribution is 6.31. The average Bonchev–Trinajstić information content (AvgIpc) is 2.80. The number of carbonyl (C=O) groups excluding carboxylic acids is 1. The van der Waals surface area contributed by atoms with Crippen molar-refractivity contribution in [1.82, 2.24) is 15.0 Å². The van der Waals surface area contributed by atoms with E-state index in [1.54, 1.807) is 25.3 Å². The lowest BCUT2D eigenvalue weighted by atomic mass is 10.2. The van der Waals surface area contributed by atoms with Crippen LogP contribution in [-0.2, 0) is 4.79 Å². The summed E-state index contributed by atoms with van der Waals surface area (Å²) in [7, 11) is 1.56. The van der Waals surface area contributed by atoms with Crippen LogP contribution < -0.4 is 14.8 Å². The molecule has 1 aromatic heterocycles. The molecule has 3 rings (SSSR count). The zero-order chi connectivity index (χ0) is 22.9. The first kappa shape index (κ1) is 23.5. The van der Waals surface area contributed by atoms with Crippen molar-refractivity contribution in [2.45, 2.75) is 25.7 Å². The van der Waals surface area contributed by atoms with E-state index in [4.69, 9.17) is 26.3 Å². The highest BCUT2D eigenvalue weighted by atomic mass is 35.5. The van der Waals surface area contributed by atoms with E-state index < -0.39 is 5.82 Å². The molecule has 0 saturated heterocycles. The van der Waals surface area contributed by atoms with Gasteiger partial charge < -0.3 is 14.8 Å². The first-order chi connectivity index (χ1) is 15.5. The Morgan fingerprint density at radius 1 is 1.16 bits per heavy atom. The fraction of sp³-hybridized carbons (Fsp3) is 0.318. The first-order valence-electron chi connectivity index (χ1n) is 10.1. The van der Waals surface area contributed by atoms with Crippen molar-refractivity contribution in [2.24, 2.45) is 0 Å². The van der Waals surface area contributed by atoms with Crippen molar-refractivity contribution in [1.29, 1.82) is 0 Å². The summed E-state index contributed by atoms with van der Waals surface area (Å²) in [4.78, 5) is 18.9. The lowest BCUT2D eigenvalue weighted by molar-refractivity contribution is -0.149. The van der Waals surface area contributed by atoms with Crippen LogP contribution in [0.4, 0.5) is 15.9 Å². The summed E-state index contributed by atoms with van der Waals surface area (Å²) in [5, 5.41) is 13.6. The van der Waals surface area contributed by atoms with Crippen molar-refractivity contribution in [3.05, 3.63) is 47.5 Å². The minimum absolute atomic E-state index is 0.0110. The number of hydroxylamine groups is 2. The van der Waals surface area contributed by atoms with E-state index in [1.165, 1.54) is 18.5 Å². The molecule has 0 aliphatic heterocycles. The van der Waals surface area contributed by atoms with Gasteiger partial charge in [-0.3, -0.25) is 10.0 Å². The average molecular weight is 463 g/mol. The van der Waals surface area contributed by atoms with Crippen LogP contribution in [0.5, 0.6) is 11.5 Å². The molecule has 0 fully saturated rings. The number of hydrogen-bond acceptors (Lipinski definition) is 7. The van der Waals surface area contributed by atoms with E-state index in [-0.39, 0.29) is 5.02 Å². The van der Waals surface area contributed by atoms with Crippen LogP contribution in [0.25, 0.3) is 10.9 Å². The summed E-state index contributed by atoms with van der Waals surface area (Å²) in [5.74, 6) is 1.13. The molecule has 0 spiro atoms. The van der Waals surface area contributed by atoms with Crippen molar-refractivity contribution in [3.63, 3.8) is 0 Å². The number of aromatic nitrogens is 2. The van der Waals surface area contributed by atoms with Crippen LogP contribution in [0, 0.1) is 5.82 Å². The minimum Gasteiger partial charge on any atom is -0.493 e. The Balaban J connectivity index is 1.69. The molecule has 2 aromatic carbocycles. The summed E-state index contributed by atoms with van der Waals surface area (Å²) < 4.78 is 24.8. The Labute approximate surface area is 189 Å². The molecule has 0 radical (unpaired) electrons. The van der Waals surface area contributed by atoms with E-state index in [2.05, 4.69) is 15.3 Å². The maximum atomic E-state index is 13.5. The third kappa shape index (κ3) is 6.18. The van der Waals surface area contributed by atoms with Gasteiger partial charge in [-0.2, -0.15) is 0 Å². The number of fused-ring (bicyclic) bond motifs is 1. The maximum Gasteiger partial charge on any atom is 0.233 e. The molecular weight excluding hydrogens is 439 g/mol. The molecule has 10 heteroatoms. The molecule has 0 aliphatic carbocycles. The molecule has 0 unspecified atom stereocenters. The highest BCUT2D eigenvalue weighted by Crippen LogP contribution is 2.35.